The van der Waals surface area contributed by atoms with Crippen LogP contribution in [0.3, 0.4) is 0 Å². The fourth-order valence-corrected chi connectivity index (χ4v) is 1.33. The zero-order valence-corrected chi connectivity index (χ0v) is 4.91. The molecule has 0 bridgehead atoms. The first-order valence-corrected chi connectivity index (χ1v) is 3.41. The summed E-state index contributed by atoms with van der Waals surface area (Å²) in [7, 11) is 0. The highest BCUT2D eigenvalue weighted by atomic mass is 32.2. The van der Waals surface area contributed by atoms with Crippen LogP contribution in [0, 0.1) is 0 Å². The van der Waals surface area contributed by atoms with Gasteiger partial charge >= 0.3 is 0 Å². The molecule has 0 aromatic carbocycles. The molecule has 1 heterocycles. The van der Waals surface area contributed by atoms with Crippen LogP contribution in [-0.2, 0) is 4.74 Å². The van der Waals surface area contributed by atoms with Crippen LogP contribution in [-0.4, -0.2) is 24.3 Å². The zero-order chi connectivity index (χ0) is 5.11. The molecule has 1 aliphatic heterocycles. The smallest absolute Gasteiger partial charge is 0.115 e. The number of rotatable bonds is 1. The van der Waals surface area contributed by atoms with E-state index >= 15 is 0 Å². The molecule has 1 aliphatic rings. The Labute approximate surface area is 47.4 Å². The predicted octanol–water partition coefficient (Wildman–Crippen LogP) is 0.0346. The molecule has 1 rings (SSSR count). The van der Waals surface area contributed by atoms with Gasteiger partial charge in [-0.15, -0.1) is 11.8 Å². The molecule has 3 heteroatoms. The highest BCUT2D eigenvalue weighted by Gasteiger charge is 2.12. The summed E-state index contributed by atoms with van der Waals surface area (Å²) < 4.78 is 5.14. The molecule has 0 aromatic rings. The summed E-state index contributed by atoms with van der Waals surface area (Å²) in [6.07, 6.45) is 0. The van der Waals surface area contributed by atoms with Gasteiger partial charge in [0, 0.05) is 12.3 Å². The van der Waals surface area contributed by atoms with Gasteiger partial charge in [0.15, 0.2) is 0 Å². The van der Waals surface area contributed by atoms with Crippen molar-refractivity contribution in [1.29, 1.82) is 0 Å². The molecule has 0 aliphatic carbocycles. The molecule has 1 saturated heterocycles. The van der Waals surface area contributed by atoms with Gasteiger partial charge in [0.1, 0.15) is 5.44 Å². The molecule has 0 spiro atoms. The fraction of sp³-hybridized carbons (Fsp3) is 1.00. The standard InChI is InChI=1S/C4H9NOS/c5-3-4-6-1-2-7-4/h4H,1-3,5H2/t4-/m0/s1. The minimum absolute atomic E-state index is 0.292. The van der Waals surface area contributed by atoms with Crippen molar-refractivity contribution in [3.63, 3.8) is 0 Å². The normalized spacial score (nSPS) is 31.3. The first-order valence-electron chi connectivity index (χ1n) is 2.37. The second-order valence-electron chi connectivity index (χ2n) is 1.41. The Hall–Kier alpha value is 0.270. The summed E-state index contributed by atoms with van der Waals surface area (Å²) in [6.45, 7) is 1.54. The first kappa shape index (κ1) is 5.41. The van der Waals surface area contributed by atoms with Crippen LogP contribution in [0.1, 0.15) is 0 Å². The quantitative estimate of drug-likeness (QED) is 0.529. The van der Waals surface area contributed by atoms with Crippen molar-refractivity contribution >= 4 is 11.8 Å². The van der Waals surface area contributed by atoms with Gasteiger partial charge in [0.05, 0.1) is 6.61 Å². The average Bonchev–Trinajstić information content (AvgIpc) is 2.14. The molecule has 0 aromatic heterocycles. The Morgan fingerprint density at radius 1 is 1.86 bits per heavy atom. The van der Waals surface area contributed by atoms with Gasteiger partial charge in [-0.1, -0.05) is 0 Å². The molecule has 0 radical (unpaired) electrons. The molecule has 0 unspecified atom stereocenters. The van der Waals surface area contributed by atoms with Gasteiger partial charge in [-0.05, 0) is 0 Å². The lowest BCUT2D eigenvalue weighted by Crippen LogP contribution is -2.15. The lowest BCUT2D eigenvalue weighted by Gasteiger charge is -2.00. The maximum absolute atomic E-state index is 5.29. The molecular formula is C4H9NOS. The van der Waals surface area contributed by atoms with E-state index in [1.807, 2.05) is 0 Å². The minimum atomic E-state index is 0.292. The van der Waals surface area contributed by atoms with Gasteiger partial charge in [-0.25, -0.2) is 0 Å². The van der Waals surface area contributed by atoms with Crippen molar-refractivity contribution in [3.8, 4) is 0 Å². The van der Waals surface area contributed by atoms with Crippen LogP contribution in [0.2, 0.25) is 0 Å². The summed E-state index contributed by atoms with van der Waals surface area (Å²) >= 11 is 1.80. The Kier molecular flexibility index (Phi) is 1.97. The molecule has 7 heavy (non-hydrogen) atoms. The van der Waals surface area contributed by atoms with E-state index in [9.17, 15) is 0 Å². The van der Waals surface area contributed by atoms with E-state index in [0.29, 0.717) is 12.0 Å². The van der Waals surface area contributed by atoms with Crippen molar-refractivity contribution in [2.75, 3.05) is 18.9 Å². The lowest BCUT2D eigenvalue weighted by molar-refractivity contribution is 0.149. The van der Waals surface area contributed by atoms with Crippen LogP contribution in [0.15, 0.2) is 0 Å². The average molecular weight is 119 g/mol. The van der Waals surface area contributed by atoms with E-state index in [0.717, 1.165) is 12.4 Å². The fourth-order valence-electron chi connectivity index (χ4n) is 0.543. The maximum atomic E-state index is 5.29. The Morgan fingerprint density at radius 2 is 2.71 bits per heavy atom. The van der Waals surface area contributed by atoms with Crippen LogP contribution < -0.4 is 5.73 Å². The Morgan fingerprint density at radius 3 is 3.00 bits per heavy atom. The van der Waals surface area contributed by atoms with Gasteiger partial charge < -0.3 is 10.5 Å². The topological polar surface area (TPSA) is 35.2 Å². The number of hydrogen-bond acceptors (Lipinski definition) is 3. The third-order valence-electron chi connectivity index (χ3n) is 0.883. The highest BCUT2D eigenvalue weighted by Crippen LogP contribution is 2.17. The second kappa shape index (κ2) is 2.55. The number of thioether (sulfide) groups is 1. The third kappa shape index (κ3) is 1.33. The summed E-state index contributed by atoms with van der Waals surface area (Å²) in [5.74, 6) is 1.11. The molecule has 2 N–H and O–H groups in total. The van der Waals surface area contributed by atoms with E-state index in [-0.39, 0.29) is 0 Å². The van der Waals surface area contributed by atoms with Crippen molar-refractivity contribution in [2.24, 2.45) is 5.73 Å². The van der Waals surface area contributed by atoms with Crippen LogP contribution in [0.5, 0.6) is 0 Å². The van der Waals surface area contributed by atoms with E-state index in [4.69, 9.17) is 10.5 Å². The van der Waals surface area contributed by atoms with Crippen LogP contribution in [0.4, 0.5) is 0 Å². The van der Waals surface area contributed by atoms with E-state index in [1.54, 1.807) is 11.8 Å². The van der Waals surface area contributed by atoms with Crippen LogP contribution in [0.25, 0.3) is 0 Å². The monoisotopic (exact) mass is 119 g/mol. The Bertz CT molecular complexity index is 53.7. The zero-order valence-electron chi connectivity index (χ0n) is 4.09. The minimum Gasteiger partial charge on any atom is -0.365 e. The number of hydrogen-bond donors (Lipinski definition) is 1. The van der Waals surface area contributed by atoms with Crippen molar-refractivity contribution in [1.82, 2.24) is 0 Å². The third-order valence-corrected chi connectivity index (χ3v) is 1.99. The van der Waals surface area contributed by atoms with Gasteiger partial charge in [-0.2, -0.15) is 0 Å². The van der Waals surface area contributed by atoms with E-state index in [2.05, 4.69) is 0 Å². The summed E-state index contributed by atoms with van der Waals surface area (Å²) in [5.41, 5.74) is 5.58. The maximum Gasteiger partial charge on any atom is 0.115 e. The van der Waals surface area contributed by atoms with E-state index in [1.165, 1.54) is 0 Å². The second-order valence-corrected chi connectivity index (χ2v) is 2.67. The van der Waals surface area contributed by atoms with Crippen molar-refractivity contribution < 1.29 is 4.74 Å². The summed E-state index contributed by atoms with van der Waals surface area (Å²) in [6, 6.07) is 0. The first-order chi connectivity index (χ1) is 3.43. The Balaban J connectivity index is 2.14. The van der Waals surface area contributed by atoms with E-state index < -0.39 is 0 Å². The highest BCUT2D eigenvalue weighted by molar-refractivity contribution is 8.00. The van der Waals surface area contributed by atoms with Gasteiger partial charge in [-0.3, -0.25) is 0 Å². The molecule has 1 fully saturated rings. The SMILES string of the molecule is NC[C@H]1OCCS1. The van der Waals surface area contributed by atoms with Crippen LogP contribution >= 0.6 is 11.8 Å². The van der Waals surface area contributed by atoms with Crippen molar-refractivity contribution in [2.45, 2.75) is 5.44 Å². The number of nitrogens with two attached hydrogens (primary N) is 1. The van der Waals surface area contributed by atoms with Gasteiger partial charge in [0.2, 0.25) is 0 Å². The molecule has 2 nitrogen and oxygen atoms in total. The molecule has 0 saturated carbocycles. The lowest BCUT2D eigenvalue weighted by atomic mass is 10.7. The molecule has 0 amide bonds. The molecule has 1 atom stereocenters. The van der Waals surface area contributed by atoms with Gasteiger partial charge in [0.25, 0.3) is 0 Å². The molecular weight excluding hydrogens is 110 g/mol. The summed E-state index contributed by atoms with van der Waals surface area (Å²) in [4.78, 5) is 0. The molecule has 42 valence electrons. The number of ether oxygens (including phenoxy) is 1. The predicted molar refractivity (Wildman–Crippen MR) is 31.3 cm³/mol. The summed E-state index contributed by atoms with van der Waals surface area (Å²) in [5, 5.41) is 0. The van der Waals surface area contributed by atoms with Crippen molar-refractivity contribution in [3.05, 3.63) is 0 Å². The largest absolute Gasteiger partial charge is 0.365 e.